The molecule has 4 aliphatic heterocycles. The topological polar surface area (TPSA) is 23.6 Å². The van der Waals surface area contributed by atoms with E-state index in [1.807, 2.05) is 0 Å². The highest BCUT2D eigenvalue weighted by atomic mass is 16.1. The van der Waals surface area contributed by atoms with Gasteiger partial charge in [-0.05, 0) is 121 Å². The Bertz CT molecular complexity index is 1120. The molecule has 1 fully saturated rings. The predicted molar refractivity (Wildman–Crippen MR) is 132 cm³/mol. The van der Waals surface area contributed by atoms with Crippen molar-refractivity contribution >= 4 is 29.3 Å². The first-order chi connectivity index (χ1) is 15.7. The average Bonchev–Trinajstić information content (AvgIpc) is 3.50. The molecular weight excluding hydrogens is 392 g/mol. The van der Waals surface area contributed by atoms with Crippen molar-refractivity contribution < 1.29 is 4.79 Å². The van der Waals surface area contributed by atoms with Gasteiger partial charge < -0.3 is 9.80 Å². The number of ketones is 1. The lowest BCUT2D eigenvalue weighted by Gasteiger charge is -2.27. The van der Waals surface area contributed by atoms with Crippen molar-refractivity contribution in [2.75, 3.05) is 36.0 Å². The van der Waals surface area contributed by atoms with Crippen LogP contribution < -0.4 is 9.80 Å². The Morgan fingerprint density at radius 2 is 1.00 bits per heavy atom. The van der Waals surface area contributed by atoms with Crippen molar-refractivity contribution in [1.82, 2.24) is 0 Å². The molecule has 0 radical (unpaired) electrons. The largest absolute Gasteiger partial charge is 0.371 e. The molecule has 3 heteroatoms. The first kappa shape index (κ1) is 18.7. The van der Waals surface area contributed by atoms with E-state index in [1.54, 1.807) is 0 Å². The number of nitrogens with zero attached hydrogens (tertiary/aromatic N) is 2. The van der Waals surface area contributed by atoms with Gasteiger partial charge in [0.05, 0.1) is 0 Å². The minimum atomic E-state index is 0.261. The molecule has 0 N–H and O–H groups in total. The summed E-state index contributed by atoms with van der Waals surface area (Å²) in [4.78, 5) is 18.4. The molecule has 162 valence electrons. The molecule has 0 saturated heterocycles. The van der Waals surface area contributed by atoms with E-state index >= 15 is 0 Å². The maximum atomic E-state index is 13.3. The van der Waals surface area contributed by atoms with Gasteiger partial charge in [-0.3, -0.25) is 4.79 Å². The van der Waals surface area contributed by atoms with Gasteiger partial charge in [0.1, 0.15) is 0 Å². The number of benzene rings is 2. The van der Waals surface area contributed by atoms with Crippen LogP contribution in [0.1, 0.15) is 59.1 Å². The zero-order valence-electron chi connectivity index (χ0n) is 18.8. The van der Waals surface area contributed by atoms with Crippen molar-refractivity contribution in [2.24, 2.45) is 0 Å². The highest BCUT2D eigenvalue weighted by Gasteiger charge is 2.28. The Kier molecular flexibility index (Phi) is 4.15. The molecule has 7 rings (SSSR count). The molecule has 1 aliphatic carbocycles. The molecule has 0 spiro atoms. The van der Waals surface area contributed by atoms with Crippen LogP contribution in [0.15, 0.2) is 35.4 Å². The third-order valence-corrected chi connectivity index (χ3v) is 8.19. The average molecular weight is 423 g/mol. The summed E-state index contributed by atoms with van der Waals surface area (Å²) >= 11 is 0. The minimum Gasteiger partial charge on any atom is -0.371 e. The lowest BCUT2D eigenvalue weighted by atomic mass is 9.95. The standard InChI is InChI=1S/C29H30N2O/c32-29-25(17-19-13-21-3-1-9-30-11-7-23(15-19)27(21)30)5-6-26(29)18-20-14-22-4-2-10-31-12-8-24(16-20)28(22)31/h13-18H,1-12H2/b25-17-,26-18+. The van der Waals surface area contributed by atoms with E-state index < -0.39 is 0 Å². The number of rotatable bonds is 2. The molecule has 1 saturated carbocycles. The lowest BCUT2D eigenvalue weighted by Crippen LogP contribution is -2.26. The number of allylic oxidation sites excluding steroid dienone is 2. The number of carbonyl (C=O) groups excluding carboxylic acids is 1. The van der Waals surface area contributed by atoms with E-state index in [2.05, 4.69) is 46.2 Å². The number of aryl methyl sites for hydroxylation is 2. The summed E-state index contributed by atoms with van der Waals surface area (Å²) in [5.74, 6) is 0.261. The van der Waals surface area contributed by atoms with Crippen LogP contribution in [0.3, 0.4) is 0 Å². The van der Waals surface area contributed by atoms with E-state index in [-0.39, 0.29) is 5.78 Å². The van der Waals surface area contributed by atoms with Crippen LogP contribution in [0, 0.1) is 0 Å². The summed E-state index contributed by atoms with van der Waals surface area (Å²) in [5, 5.41) is 0. The predicted octanol–water partition coefficient (Wildman–Crippen LogP) is 5.13. The number of hydrogen-bond donors (Lipinski definition) is 0. The van der Waals surface area contributed by atoms with Crippen LogP contribution in [0.5, 0.6) is 0 Å². The molecule has 2 aromatic carbocycles. The van der Waals surface area contributed by atoms with Gasteiger partial charge in [0.25, 0.3) is 0 Å². The maximum absolute atomic E-state index is 13.3. The second-order valence-corrected chi connectivity index (χ2v) is 10.2. The molecule has 0 amide bonds. The first-order valence-electron chi connectivity index (χ1n) is 12.5. The SMILES string of the molecule is O=C1/C(=C\c2cc3c4c(c2)CCN4CCC3)CC/C1=C\c1cc2c3c(c1)CCN3CCC2. The monoisotopic (exact) mass is 422 g/mol. The van der Waals surface area contributed by atoms with Crippen LogP contribution in [0.2, 0.25) is 0 Å². The van der Waals surface area contributed by atoms with Gasteiger partial charge in [-0.1, -0.05) is 0 Å². The smallest absolute Gasteiger partial charge is 0.185 e. The molecule has 5 aliphatic rings. The zero-order valence-corrected chi connectivity index (χ0v) is 18.8. The molecular formula is C29H30N2O. The summed E-state index contributed by atoms with van der Waals surface area (Å²) in [6.45, 7) is 4.73. The van der Waals surface area contributed by atoms with Gasteiger partial charge in [-0.25, -0.2) is 0 Å². The fourth-order valence-electron chi connectivity index (χ4n) is 6.80. The Hall–Kier alpha value is -2.81. The van der Waals surface area contributed by atoms with E-state index in [1.165, 1.54) is 83.5 Å². The maximum Gasteiger partial charge on any atom is 0.185 e. The van der Waals surface area contributed by atoms with Crippen LogP contribution in [-0.4, -0.2) is 32.0 Å². The zero-order chi connectivity index (χ0) is 21.2. The van der Waals surface area contributed by atoms with Crippen LogP contribution >= 0.6 is 0 Å². The Morgan fingerprint density at radius 1 is 0.562 bits per heavy atom. The molecule has 2 aromatic rings. The van der Waals surface area contributed by atoms with E-state index in [0.717, 1.165) is 49.9 Å². The second-order valence-electron chi connectivity index (χ2n) is 10.2. The summed E-state index contributed by atoms with van der Waals surface area (Å²) in [5.41, 5.74) is 13.4. The molecule has 0 unspecified atom stereocenters. The van der Waals surface area contributed by atoms with Gasteiger partial charge in [-0.2, -0.15) is 0 Å². The molecule has 4 heterocycles. The summed E-state index contributed by atoms with van der Waals surface area (Å²) in [6, 6.07) is 9.36. The van der Waals surface area contributed by atoms with Crippen LogP contribution in [0.4, 0.5) is 11.4 Å². The summed E-state index contributed by atoms with van der Waals surface area (Å²) in [7, 11) is 0. The van der Waals surface area contributed by atoms with Gasteiger partial charge in [0, 0.05) is 48.7 Å². The Balaban J connectivity index is 1.19. The minimum absolute atomic E-state index is 0.261. The Morgan fingerprint density at radius 3 is 1.47 bits per heavy atom. The molecule has 32 heavy (non-hydrogen) atoms. The van der Waals surface area contributed by atoms with Crippen LogP contribution in [0.25, 0.3) is 12.2 Å². The highest BCUT2D eigenvalue weighted by Crippen LogP contribution is 2.40. The Labute approximate surface area is 190 Å². The van der Waals surface area contributed by atoms with Crippen molar-refractivity contribution in [3.05, 3.63) is 68.8 Å². The summed E-state index contributed by atoms with van der Waals surface area (Å²) in [6.07, 6.45) is 13.2. The quantitative estimate of drug-likeness (QED) is 0.627. The van der Waals surface area contributed by atoms with Gasteiger partial charge in [-0.15, -0.1) is 0 Å². The fraction of sp³-hybridized carbons (Fsp3) is 0.414. The second kappa shape index (κ2) is 7.10. The van der Waals surface area contributed by atoms with E-state index in [9.17, 15) is 4.79 Å². The van der Waals surface area contributed by atoms with Gasteiger partial charge in [0.2, 0.25) is 0 Å². The summed E-state index contributed by atoms with van der Waals surface area (Å²) < 4.78 is 0. The van der Waals surface area contributed by atoms with Crippen molar-refractivity contribution in [1.29, 1.82) is 0 Å². The molecule has 0 bridgehead atoms. The van der Waals surface area contributed by atoms with Gasteiger partial charge in [0.15, 0.2) is 5.78 Å². The molecule has 0 aromatic heterocycles. The number of carbonyl (C=O) groups is 1. The fourth-order valence-corrected chi connectivity index (χ4v) is 6.80. The van der Waals surface area contributed by atoms with Crippen LogP contribution in [-0.2, 0) is 30.5 Å². The molecule has 3 nitrogen and oxygen atoms in total. The van der Waals surface area contributed by atoms with E-state index in [4.69, 9.17) is 0 Å². The number of anilines is 2. The van der Waals surface area contributed by atoms with Crippen molar-refractivity contribution in [2.45, 2.75) is 51.4 Å². The molecule has 0 atom stereocenters. The third kappa shape index (κ3) is 2.90. The van der Waals surface area contributed by atoms with Crippen molar-refractivity contribution in [3.8, 4) is 0 Å². The normalized spacial score (nSPS) is 23.4. The van der Waals surface area contributed by atoms with Crippen molar-refractivity contribution in [3.63, 3.8) is 0 Å². The number of hydrogen-bond acceptors (Lipinski definition) is 3. The highest BCUT2D eigenvalue weighted by molar-refractivity contribution is 6.15. The lowest BCUT2D eigenvalue weighted by molar-refractivity contribution is -0.111. The first-order valence-corrected chi connectivity index (χ1v) is 12.5. The number of Topliss-reactive ketones (excluding diaryl/α,β-unsaturated/α-hetero) is 1. The van der Waals surface area contributed by atoms with Gasteiger partial charge >= 0.3 is 0 Å². The third-order valence-electron chi connectivity index (χ3n) is 8.19. The van der Waals surface area contributed by atoms with E-state index in [0.29, 0.717) is 0 Å².